The van der Waals surface area contributed by atoms with Crippen LogP contribution in [0.2, 0.25) is 0 Å². The van der Waals surface area contributed by atoms with Crippen LogP contribution in [0.1, 0.15) is 21.6 Å². The van der Waals surface area contributed by atoms with Gasteiger partial charge >= 0.3 is 6.18 Å². The van der Waals surface area contributed by atoms with Gasteiger partial charge in [-0.3, -0.25) is 19.6 Å². The molecule has 4 N–H and O–H groups in total. The number of nitrogens with one attached hydrogen (secondary N) is 2. The zero-order valence-corrected chi connectivity index (χ0v) is 17.6. The molecule has 13 heteroatoms. The lowest BCUT2D eigenvalue weighted by Gasteiger charge is -2.13. The second kappa shape index (κ2) is 8.96. The number of amides is 2. The number of halogens is 3. The van der Waals surface area contributed by atoms with Crippen molar-refractivity contribution < 1.29 is 31.2 Å². The number of carbonyl (C=O) groups excluding carboxylic acids is 2. The maximum atomic E-state index is 12.9. The molecule has 2 amide bonds. The first-order valence-electron chi connectivity index (χ1n) is 8.79. The van der Waals surface area contributed by atoms with Crippen molar-refractivity contribution in [2.45, 2.75) is 17.5 Å². The lowest BCUT2D eigenvalue weighted by atomic mass is 10.2. The topological polar surface area (TPSA) is 131 Å². The average Bonchev–Trinajstić information content (AvgIpc) is 3.13. The standard InChI is InChI=1S/C19H15F3N4O4S2/c20-19(21,22)11-4-3-5-13(8-11)32(29,30)26-15-7-2-1-6-14(15)17(28)25-18-24-12(10-31-18)9-16(23)27/h1-8,10,26H,9H2,(H2,23,27)(H,24,25,28). The number of anilines is 2. The van der Waals surface area contributed by atoms with Gasteiger partial charge in [-0.1, -0.05) is 18.2 Å². The van der Waals surface area contributed by atoms with Crippen LogP contribution >= 0.6 is 11.3 Å². The second-order valence-electron chi connectivity index (χ2n) is 6.42. The van der Waals surface area contributed by atoms with E-state index in [1.54, 1.807) is 0 Å². The highest BCUT2D eigenvalue weighted by atomic mass is 32.2. The Morgan fingerprint density at radius 2 is 1.81 bits per heavy atom. The molecule has 0 saturated carbocycles. The van der Waals surface area contributed by atoms with Crippen molar-refractivity contribution >= 4 is 44.0 Å². The average molecular weight is 484 g/mol. The molecule has 0 radical (unpaired) electrons. The van der Waals surface area contributed by atoms with E-state index in [1.165, 1.54) is 29.6 Å². The van der Waals surface area contributed by atoms with Crippen LogP contribution in [0.25, 0.3) is 0 Å². The number of alkyl halides is 3. The molecule has 0 aliphatic carbocycles. The first-order chi connectivity index (χ1) is 15.0. The highest BCUT2D eigenvalue weighted by Gasteiger charge is 2.32. The highest BCUT2D eigenvalue weighted by molar-refractivity contribution is 7.92. The Morgan fingerprint density at radius 3 is 2.50 bits per heavy atom. The molecule has 1 aromatic heterocycles. The number of rotatable bonds is 7. The number of primary amides is 1. The summed E-state index contributed by atoms with van der Waals surface area (Å²) < 4.78 is 66.3. The molecule has 3 rings (SSSR count). The normalized spacial score (nSPS) is 11.7. The SMILES string of the molecule is NC(=O)Cc1csc(NC(=O)c2ccccc2NS(=O)(=O)c2cccc(C(F)(F)F)c2)n1. The zero-order chi connectivity index (χ0) is 23.5. The minimum absolute atomic E-state index is 0.0882. The second-order valence-corrected chi connectivity index (χ2v) is 8.96. The van der Waals surface area contributed by atoms with E-state index in [-0.39, 0.29) is 22.8 Å². The summed E-state index contributed by atoms with van der Waals surface area (Å²) in [5.41, 5.74) is 4.10. The molecule has 0 aliphatic rings. The van der Waals surface area contributed by atoms with Gasteiger partial charge in [0.15, 0.2) is 5.13 Å². The summed E-state index contributed by atoms with van der Waals surface area (Å²) in [4.78, 5) is 27.0. The Kier molecular flexibility index (Phi) is 6.50. The fraction of sp³-hybridized carbons (Fsp3) is 0.105. The van der Waals surface area contributed by atoms with Gasteiger partial charge < -0.3 is 5.73 Å². The summed E-state index contributed by atoms with van der Waals surface area (Å²) in [5, 5.41) is 4.16. The van der Waals surface area contributed by atoms with Gasteiger partial charge in [-0.2, -0.15) is 13.2 Å². The van der Waals surface area contributed by atoms with Crippen LogP contribution in [0.4, 0.5) is 24.0 Å². The molecule has 0 atom stereocenters. The van der Waals surface area contributed by atoms with Gasteiger partial charge in [0, 0.05) is 5.38 Å². The lowest BCUT2D eigenvalue weighted by Crippen LogP contribution is -2.19. The Morgan fingerprint density at radius 1 is 1.09 bits per heavy atom. The van der Waals surface area contributed by atoms with Crippen LogP contribution in [-0.4, -0.2) is 25.2 Å². The van der Waals surface area contributed by atoms with E-state index >= 15 is 0 Å². The van der Waals surface area contributed by atoms with Crippen LogP contribution in [0.15, 0.2) is 58.8 Å². The van der Waals surface area contributed by atoms with Gasteiger partial charge in [0.05, 0.1) is 33.8 Å². The molecule has 0 saturated heterocycles. The smallest absolute Gasteiger partial charge is 0.369 e. The Bertz CT molecular complexity index is 1270. The molecular formula is C19H15F3N4O4S2. The van der Waals surface area contributed by atoms with Crippen molar-refractivity contribution in [3.05, 3.63) is 70.7 Å². The quantitative estimate of drug-likeness (QED) is 0.474. The van der Waals surface area contributed by atoms with Crippen molar-refractivity contribution in [2.75, 3.05) is 10.0 Å². The molecule has 8 nitrogen and oxygen atoms in total. The van der Waals surface area contributed by atoms with Crippen LogP contribution in [0, 0.1) is 0 Å². The van der Waals surface area contributed by atoms with E-state index in [9.17, 15) is 31.2 Å². The number of thiazole rings is 1. The Hall–Kier alpha value is -3.45. The number of aromatic nitrogens is 1. The molecule has 0 aliphatic heterocycles. The molecule has 168 valence electrons. The van der Waals surface area contributed by atoms with Crippen LogP contribution in [0.5, 0.6) is 0 Å². The van der Waals surface area contributed by atoms with Crippen LogP contribution < -0.4 is 15.8 Å². The van der Waals surface area contributed by atoms with Gasteiger partial charge in [0.2, 0.25) is 5.91 Å². The summed E-state index contributed by atoms with van der Waals surface area (Å²) in [5.74, 6) is -1.31. The van der Waals surface area contributed by atoms with Crippen molar-refractivity contribution in [1.29, 1.82) is 0 Å². The van der Waals surface area contributed by atoms with Gasteiger partial charge in [0.25, 0.3) is 15.9 Å². The van der Waals surface area contributed by atoms with E-state index in [1.807, 2.05) is 0 Å². The van der Waals surface area contributed by atoms with Crippen molar-refractivity contribution in [1.82, 2.24) is 4.98 Å². The molecule has 32 heavy (non-hydrogen) atoms. The largest absolute Gasteiger partial charge is 0.416 e. The van der Waals surface area contributed by atoms with Crippen molar-refractivity contribution in [3.63, 3.8) is 0 Å². The third-order valence-corrected chi connectivity index (χ3v) is 6.18. The summed E-state index contributed by atoms with van der Waals surface area (Å²) in [6, 6.07) is 8.80. The fourth-order valence-electron chi connectivity index (χ4n) is 2.60. The molecule has 0 unspecified atom stereocenters. The zero-order valence-electron chi connectivity index (χ0n) is 16.0. The van der Waals surface area contributed by atoms with Crippen molar-refractivity contribution in [2.24, 2.45) is 5.73 Å². The third-order valence-electron chi connectivity index (χ3n) is 4.02. The molecule has 0 bridgehead atoms. The first kappa shape index (κ1) is 23.2. The van der Waals surface area contributed by atoms with E-state index < -0.39 is 38.5 Å². The molecular weight excluding hydrogens is 469 g/mol. The molecule has 0 spiro atoms. The number of carbonyl (C=O) groups is 2. The summed E-state index contributed by atoms with van der Waals surface area (Å²) in [6.07, 6.45) is -4.83. The number of nitrogens with two attached hydrogens (primary N) is 1. The predicted octanol–water partition coefficient (Wildman–Crippen LogP) is 3.24. The fourth-order valence-corrected chi connectivity index (χ4v) is 4.43. The minimum atomic E-state index is -4.72. The third kappa shape index (κ3) is 5.62. The molecule has 1 heterocycles. The maximum Gasteiger partial charge on any atom is 0.416 e. The van der Waals surface area contributed by atoms with Crippen molar-refractivity contribution in [3.8, 4) is 0 Å². The molecule has 0 fully saturated rings. The van der Waals surface area contributed by atoms with E-state index in [2.05, 4.69) is 15.0 Å². The van der Waals surface area contributed by atoms with Gasteiger partial charge in [-0.25, -0.2) is 13.4 Å². The number of hydrogen-bond acceptors (Lipinski definition) is 6. The number of benzene rings is 2. The predicted molar refractivity (Wildman–Crippen MR) is 112 cm³/mol. The Labute approximate surface area is 184 Å². The van der Waals surface area contributed by atoms with Gasteiger partial charge in [-0.15, -0.1) is 11.3 Å². The van der Waals surface area contributed by atoms with Crippen LogP contribution in [-0.2, 0) is 27.4 Å². The Balaban J connectivity index is 1.84. The summed E-state index contributed by atoms with van der Waals surface area (Å²) >= 11 is 1.04. The molecule has 3 aromatic rings. The van der Waals surface area contributed by atoms with Gasteiger partial charge in [-0.05, 0) is 30.3 Å². The minimum Gasteiger partial charge on any atom is -0.369 e. The van der Waals surface area contributed by atoms with E-state index in [0.717, 1.165) is 29.5 Å². The van der Waals surface area contributed by atoms with E-state index in [0.29, 0.717) is 11.8 Å². The first-order valence-corrected chi connectivity index (χ1v) is 11.1. The summed E-state index contributed by atoms with van der Waals surface area (Å²) in [6.45, 7) is 0. The summed E-state index contributed by atoms with van der Waals surface area (Å²) in [7, 11) is -4.43. The number of nitrogens with zero attached hydrogens (tertiary/aromatic N) is 1. The lowest BCUT2D eigenvalue weighted by molar-refractivity contribution is -0.137. The molecule has 2 aromatic carbocycles. The monoisotopic (exact) mass is 484 g/mol. The maximum absolute atomic E-state index is 12.9. The highest BCUT2D eigenvalue weighted by Crippen LogP contribution is 2.31. The number of hydrogen-bond donors (Lipinski definition) is 3. The van der Waals surface area contributed by atoms with Gasteiger partial charge in [0.1, 0.15) is 0 Å². The van der Waals surface area contributed by atoms with Crippen LogP contribution in [0.3, 0.4) is 0 Å². The number of sulfonamides is 1. The van der Waals surface area contributed by atoms with E-state index in [4.69, 9.17) is 5.73 Å². The number of para-hydroxylation sites is 1.